The molecule has 160 valence electrons. The Morgan fingerprint density at radius 3 is 2.68 bits per heavy atom. The van der Waals surface area contributed by atoms with E-state index in [-0.39, 0.29) is 5.91 Å². The van der Waals surface area contributed by atoms with Crippen molar-refractivity contribution in [2.75, 3.05) is 32.6 Å². The number of amides is 1. The van der Waals surface area contributed by atoms with E-state index >= 15 is 0 Å². The average Bonchev–Trinajstić information content (AvgIpc) is 3.16. The number of aromatic nitrogens is 2. The minimum absolute atomic E-state index is 0.0270. The molecule has 0 fully saturated rings. The first-order valence-corrected chi connectivity index (χ1v) is 10.7. The second-order valence-electron chi connectivity index (χ2n) is 8.57. The number of hydrogen-bond donors (Lipinski definition) is 1. The molecule has 0 spiro atoms. The van der Waals surface area contributed by atoms with Gasteiger partial charge in [0.1, 0.15) is 0 Å². The molecule has 1 amide bonds. The van der Waals surface area contributed by atoms with E-state index in [2.05, 4.69) is 54.9 Å². The summed E-state index contributed by atoms with van der Waals surface area (Å²) in [6.45, 7) is 5.34. The van der Waals surface area contributed by atoms with E-state index in [0.29, 0.717) is 0 Å². The van der Waals surface area contributed by atoms with Crippen molar-refractivity contribution in [3.05, 3.63) is 70.8 Å². The molecule has 0 bridgehead atoms. The summed E-state index contributed by atoms with van der Waals surface area (Å²) in [5.41, 5.74) is 9.56. The molecule has 0 atom stereocenters. The van der Waals surface area contributed by atoms with Gasteiger partial charge in [0, 0.05) is 42.0 Å². The molecule has 1 aliphatic heterocycles. The monoisotopic (exact) mass is 414 g/mol. The smallest absolute Gasteiger partial charge is 0.258 e. The fraction of sp³-hybridized carbons (Fsp3) is 0.308. The number of rotatable bonds is 6. The van der Waals surface area contributed by atoms with Crippen LogP contribution >= 0.6 is 0 Å². The van der Waals surface area contributed by atoms with E-state index in [0.717, 1.165) is 53.0 Å². The zero-order valence-electron chi connectivity index (χ0n) is 19.0. The van der Waals surface area contributed by atoms with Crippen molar-refractivity contribution in [2.45, 2.75) is 26.7 Å². The van der Waals surface area contributed by atoms with Crippen LogP contribution in [0.2, 0.25) is 0 Å². The van der Waals surface area contributed by atoms with E-state index in [1.165, 1.54) is 16.8 Å². The van der Waals surface area contributed by atoms with Crippen LogP contribution in [0, 0.1) is 13.8 Å². The lowest BCUT2D eigenvalue weighted by atomic mass is 9.99. The van der Waals surface area contributed by atoms with Gasteiger partial charge >= 0.3 is 0 Å². The number of nitrogens with one attached hydrogen (secondary N) is 1. The number of benzene rings is 1. The zero-order chi connectivity index (χ0) is 22.1. The quantitative estimate of drug-likeness (QED) is 0.595. The van der Waals surface area contributed by atoms with E-state index in [9.17, 15) is 4.79 Å². The van der Waals surface area contributed by atoms with Crippen LogP contribution < -0.4 is 4.90 Å². The Labute approximate surface area is 184 Å². The number of nitrogens with zero attached hydrogens (tertiary/aromatic N) is 3. The summed E-state index contributed by atoms with van der Waals surface area (Å²) in [6, 6.07) is 10.1. The maximum Gasteiger partial charge on any atom is 0.258 e. The first-order chi connectivity index (χ1) is 14.9. The lowest BCUT2D eigenvalue weighted by molar-refractivity contribution is -0.112. The summed E-state index contributed by atoms with van der Waals surface area (Å²) in [5.74, 6) is 0.0270. The molecule has 3 aromatic rings. The highest BCUT2D eigenvalue weighted by Gasteiger charge is 2.30. The third kappa shape index (κ3) is 4.06. The molecule has 0 saturated carbocycles. The molecule has 4 rings (SSSR count). The summed E-state index contributed by atoms with van der Waals surface area (Å²) < 4.78 is 0. The summed E-state index contributed by atoms with van der Waals surface area (Å²) in [4.78, 5) is 24.8. The Hall–Kier alpha value is -3.18. The largest absolute Gasteiger partial charge is 0.359 e. The van der Waals surface area contributed by atoms with Crippen LogP contribution in [0.4, 0.5) is 5.69 Å². The minimum atomic E-state index is 0.0270. The first-order valence-electron chi connectivity index (χ1n) is 10.7. The number of carbonyl (C=O) groups excluding carboxylic acids is 1. The molecule has 0 aliphatic carbocycles. The predicted molar refractivity (Wildman–Crippen MR) is 128 cm³/mol. The standard InChI is InChI=1S/C26H30N4O/c1-17-21(9-7-13-29(3)4)18(2)28-24(17)15-23-22-11-10-19(20-8-6-12-27-16-20)14-25(22)30(5)26(23)31/h6,8,10-12,14-16,28H,7,9,13H2,1-5H3. The van der Waals surface area contributed by atoms with Crippen LogP contribution in [0.1, 0.15) is 34.5 Å². The molecule has 2 aromatic heterocycles. The highest BCUT2D eigenvalue weighted by Crippen LogP contribution is 2.39. The molecule has 1 N–H and O–H groups in total. The van der Waals surface area contributed by atoms with Crippen molar-refractivity contribution in [3.8, 4) is 11.1 Å². The maximum atomic E-state index is 13.1. The second-order valence-corrected chi connectivity index (χ2v) is 8.57. The van der Waals surface area contributed by atoms with Gasteiger partial charge < -0.3 is 14.8 Å². The topological polar surface area (TPSA) is 52.2 Å². The summed E-state index contributed by atoms with van der Waals surface area (Å²) in [5, 5.41) is 0. The van der Waals surface area contributed by atoms with Gasteiger partial charge in [-0.2, -0.15) is 0 Å². The Bertz CT molecular complexity index is 1140. The van der Waals surface area contributed by atoms with Crippen molar-refractivity contribution in [2.24, 2.45) is 0 Å². The lowest BCUT2D eigenvalue weighted by Gasteiger charge is -2.10. The highest BCUT2D eigenvalue weighted by molar-refractivity contribution is 6.35. The van der Waals surface area contributed by atoms with Gasteiger partial charge in [-0.25, -0.2) is 0 Å². The number of anilines is 1. The normalized spacial score (nSPS) is 14.7. The number of carbonyl (C=O) groups is 1. The van der Waals surface area contributed by atoms with Crippen LogP contribution in [-0.4, -0.2) is 48.5 Å². The highest BCUT2D eigenvalue weighted by atomic mass is 16.2. The SMILES string of the molecule is Cc1[nH]c(C=C2C(=O)N(C)c3cc(-c4cccnc4)ccc32)c(C)c1CCCN(C)C. The average molecular weight is 415 g/mol. The fourth-order valence-corrected chi connectivity index (χ4v) is 4.35. The number of aryl methyl sites for hydroxylation is 1. The summed E-state index contributed by atoms with van der Waals surface area (Å²) >= 11 is 0. The number of aromatic amines is 1. The third-order valence-corrected chi connectivity index (χ3v) is 6.13. The van der Waals surface area contributed by atoms with Crippen molar-refractivity contribution < 1.29 is 4.79 Å². The number of fused-ring (bicyclic) bond motifs is 1. The number of pyridine rings is 1. The van der Waals surface area contributed by atoms with Gasteiger partial charge in [0.05, 0.1) is 11.3 Å². The molecule has 31 heavy (non-hydrogen) atoms. The third-order valence-electron chi connectivity index (χ3n) is 6.13. The summed E-state index contributed by atoms with van der Waals surface area (Å²) in [7, 11) is 6.05. The van der Waals surface area contributed by atoms with E-state index in [1.807, 2.05) is 37.5 Å². The Balaban J connectivity index is 1.68. The first kappa shape index (κ1) is 21.1. The summed E-state index contributed by atoms with van der Waals surface area (Å²) in [6.07, 6.45) is 7.78. The van der Waals surface area contributed by atoms with Gasteiger partial charge in [0.15, 0.2) is 0 Å². The van der Waals surface area contributed by atoms with Crippen molar-refractivity contribution in [1.29, 1.82) is 0 Å². The molecule has 0 radical (unpaired) electrons. The molecular weight excluding hydrogens is 384 g/mol. The zero-order valence-corrected chi connectivity index (χ0v) is 19.0. The van der Waals surface area contributed by atoms with Crippen LogP contribution in [-0.2, 0) is 11.2 Å². The molecule has 5 nitrogen and oxygen atoms in total. The molecule has 1 aliphatic rings. The lowest BCUT2D eigenvalue weighted by Crippen LogP contribution is -2.20. The van der Waals surface area contributed by atoms with Gasteiger partial charge in [0.25, 0.3) is 5.91 Å². The number of H-pyrrole nitrogens is 1. The van der Waals surface area contributed by atoms with Crippen LogP contribution in [0.25, 0.3) is 22.8 Å². The Kier molecular flexibility index (Phi) is 5.79. The van der Waals surface area contributed by atoms with E-state index < -0.39 is 0 Å². The predicted octanol–water partition coefficient (Wildman–Crippen LogP) is 4.70. The molecule has 5 heteroatoms. The molecule has 0 unspecified atom stereocenters. The minimum Gasteiger partial charge on any atom is -0.359 e. The van der Waals surface area contributed by atoms with Crippen LogP contribution in [0.3, 0.4) is 0 Å². The molecular formula is C26H30N4O. The molecule has 0 saturated heterocycles. The van der Waals surface area contributed by atoms with Gasteiger partial charge in [-0.3, -0.25) is 9.78 Å². The molecule has 1 aromatic carbocycles. The Morgan fingerprint density at radius 2 is 1.97 bits per heavy atom. The van der Waals surface area contributed by atoms with Crippen LogP contribution in [0.5, 0.6) is 0 Å². The van der Waals surface area contributed by atoms with Crippen molar-refractivity contribution in [3.63, 3.8) is 0 Å². The van der Waals surface area contributed by atoms with E-state index in [4.69, 9.17) is 0 Å². The van der Waals surface area contributed by atoms with Crippen LogP contribution in [0.15, 0.2) is 42.7 Å². The number of hydrogen-bond acceptors (Lipinski definition) is 3. The van der Waals surface area contributed by atoms with E-state index in [1.54, 1.807) is 11.1 Å². The number of likely N-dealkylation sites (N-methyl/N-ethyl adjacent to an activating group) is 1. The van der Waals surface area contributed by atoms with Gasteiger partial charge in [0.2, 0.25) is 0 Å². The van der Waals surface area contributed by atoms with Gasteiger partial charge in [-0.1, -0.05) is 18.2 Å². The van der Waals surface area contributed by atoms with Gasteiger partial charge in [-0.05, 0) is 82.2 Å². The van der Waals surface area contributed by atoms with Gasteiger partial charge in [-0.15, -0.1) is 0 Å². The van der Waals surface area contributed by atoms with Crippen molar-refractivity contribution in [1.82, 2.24) is 14.9 Å². The fourth-order valence-electron chi connectivity index (χ4n) is 4.35. The second kappa shape index (κ2) is 8.52. The Morgan fingerprint density at radius 1 is 1.16 bits per heavy atom. The molecule has 3 heterocycles. The maximum absolute atomic E-state index is 13.1. The van der Waals surface area contributed by atoms with Crippen molar-refractivity contribution >= 4 is 23.2 Å².